The molecule has 0 saturated carbocycles. The van der Waals surface area contributed by atoms with Gasteiger partial charge in [-0.3, -0.25) is 9.59 Å². The number of nitrogens with one attached hydrogen (secondary N) is 1. The molecule has 0 radical (unpaired) electrons. The maximum Gasteiger partial charge on any atom is 0.432 e. The van der Waals surface area contributed by atoms with Crippen molar-refractivity contribution in [3.8, 4) is 0 Å². The van der Waals surface area contributed by atoms with E-state index < -0.39 is 33.9 Å². The Bertz CT molecular complexity index is 466. The highest BCUT2D eigenvalue weighted by atomic mass is 35.5. The van der Waals surface area contributed by atoms with Crippen LogP contribution in [0.3, 0.4) is 0 Å². The Hall–Kier alpha value is -1.50. The van der Waals surface area contributed by atoms with E-state index >= 15 is 0 Å². The Kier molecular flexibility index (Phi) is 2.76. The summed E-state index contributed by atoms with van der Waals surface area (Å²) in [5.74, 6) is -1.15. The standard InChI is InChI=1S/C7H4ClF3N2O2/c8-3-1-2(5(12)14)6(15)13-4(3)7(9,10)11/h1H,(H2,12,14)(H,13,15). The molecular formula is C7H4ClF3N2O2. The van der Waals surface area contributed by atoms with E-state index in [0.717, 1.165) is 0 Å². The topological polar surface area (TPSA) is 76.0 Å². The van der Waals surface area contributed by atoms with E-state index in [9.17, 15) is 22.8 Å². The second-order valence-corrected chi connectivity index (χ2v) is 3.00. The zero-order chi connectivity index (χ0) is 11.8. The van der Waals surface area contributed by atoms with Gasteiger partial charge >= 0.3 is 6.18 Å². The summed E-state index contributed by atoms with van der Waals surface area (Å²) in [6.45, 7) is 0. The minimum atomic E-state index is -4.79. The summed E-state index contributed by atoms with van der Waals surface area (Å²) >= 11 is 5.23. The van der Waals surface area contributed by atoms with Gasteiger partial charge in [-0.05, 0) is 6.07 Å². The molecule has 8 heteroatoms. The lowest BCUT2D eigenvalue weighted by atomic mass is 10.2. The molecule has 1 aromatic rings. The molecule has 0 unspecified atom stereocenters. The van der Waals surface area contributed by atoms with Gasteiger partial charge in [-0.25, -0.2) is 0 Å². The highest BCUT2D eigenvalue weighted by Crippen LogP contribution is 2.32. The lowest BCUT2D eigenvalue weighted by molar-refractivity contribution is -0.141. The molecule has 4 nitrogen and oxygen atoms in total. The van der Waals surface area contributed by atoms with E-state index in [-0.39, 0.29) is 0 Å². The third kappa shape index (κ3) is 2.30. The third-order valence-corrected chi connectivity index (χ3v) is 1.84. The number of carbonyl (C=O) groups is 1. The lowest BCUT2D eigenvalue weighted by Gasteiger charge is -2.08. The van der Waals surface area contributed by atoms with Crippen molar-refractivity contribution in [3.63, 3.8) is 0 Å². The van der Waals surface area contributed by atoms with Gasteiger partial charge in [0.1, 0.15) is 11.3 Å². The van der Waals surface area contributed by atoms with Crippen LogP contribution in [0, 0.1) is 0 Å². The van der Waals surface area contributed by atoms with E-state index in [1.165, 1.54) is 4.98 Å². The summed E-state index contributed by atoms with van der Waals surface area (Å²) in [6.07, 6.45) is -4.79. The van der Waals surface area contributed by atoms with Gasteiger partial charge in [-0.2, -0.15) is 13.2 Å². The SMILES string of the molecule is NC(=O)c1cc(Cl)c(C(F)(F)F)[nH]c1=O. The molecule has 0 fully saturated rings. The van der Waals surface area contributed by atoms with Gasteiger partial charge in [0.2, 0.25) is 0 Å². The first kappa shape index (κ1) is 11.6. The van der Waals surface area contributed by atoms with E-state index in [0.29, 0.717) is 6.07 Å². The van der Waals surface area contributed by atoms with Crippen LogP contribution in [0.2, 0.25) is 5.02 Å². The second kappa shape index (κ2) is 3.58. The summed E-state index contributed by atoms with van der Waals surface area (Å²) in [5.41, 5.74) is 1.50. The number of nitrogens with two attached hydrogens (primary N) is 1. The van der Waals surface area contributed by atoms with Crippen molar-refractivity contribution in [2.75, 3.05) is 0 Å². The molecule has 1 heterocycles. The Morgan fingerprint density at radius 3 is 2.40 bits per heavy atom. The van der Waals surface area contributed by atoms with Crippen molar-refractivity contribution < 1.29 is 18.0 Å². The van der Waals surface area contributed by atoms with Crippen LogP contribution in [0.25, 0.3) is 0 Å². The molecule has 15 heavy (non-hydrogen) atoms. The number of H-pyrrole nitrogens is 1. The fourth-order valence-corrected chi connectivity index (χ4v) is 1.16. The fraction of sp³-hybridized carbons (Fsp3) is 0.143. The average molecular weight is 241 g/mol. The van der Waals surface area contributed by atoms with Crippen LogP contribution in [-0.2, 0) is 6.18 Å². The minimum absolute atomic E-state index is 0.589. The van der Waals surface area contributed by atoms with Crippen molar-refractivity contribution >= 4 is 17.5 Å². The van der Waals surface area contributed by atoms with E-state index in [2.05, 4.69) is 0 Å². The fourth-order valence-electron chi connectivity index (χ4n) is 0.894. The van der Waals surface area contributed by atoms with Gasteiger partial charge < -0.3 is 10.7 Å². The zero-order valence-corrected chi connectivity index (χ0v) is 7.74. The zero-order valence-electron chi connectivity index (χ0n) is 6.98. The molecule has 82 valence electrons. The lowest BCUT2D eigenvalue weighted by Crippen LogP contribution is -2.26. The Balaban J connectivity index is 3.46. The van der Waals surface area contributed by atoms with Crippen LogP contribution in [0.4, 0.5) is 13.2 Å². The number of alkyl halides is 3. The van der Waals surface area contributed by atoms with Crippen molar-refractivity contribution in [2.24, 2.45) is 5.73 Å². The monoisotopic (exact) mass is 240 g/mol. The van der Waals surface area contributed by atoms with Crippen molar-refractivity contribution in [2.45, 2.75) is 6.18 Å². The molecule has 1 aromatic heterocycles. The Morgan fingerprint density at radius 2 is 2.00 bits per heavy atom. The first-order valence-corrected chi connectivity index (χ1v) is 3.91. The molecule has 1 rings (SSSR count). The first-order valence-electron chi connectivity index (χ1n) is 3.53. The Morgan fingerprint density at radius 1 is 1.47 bits per heavy atom. The molecule has 0 saturated heterocycles. The van der Waals surface area contributed by atoms with Crippen molar-refractivity contribution in [1.82, 2.24) is 4.98 Å². The predicted molar refractivity (Wildman–Crippen MR) is 45.6 cm³/mol. The maximum absolute atomic E-state index is 12.2. The van der Waals surface area contributed by atoms with E-state index in [1.807, 2.05) is 0 Å². The molecule has 0 aliphatic carbocycles. The van der Waals surface area contributed by atoms with E-state index in [1.54, 1.807) is 0 Å². The number of amides is 1. The maximum atomic E-state index is 12.2. The summed E-state index contributed by atoms with van der Waals surface area (Å²) in [4.78, 5) is 23.0. The summed E-state index contributed by atoms with van der Waals surface area (Å²) in [6, 6.07) is 0.589. The van der Waals surface area contributed by atoms with Gasteiger partial charge in [-0.15, -0.1) is 0 Å². The molecular weight excluding hydrogens is 237 g/mol. The van der Waals surface area contributed by atoms with Gasteiger partial charge in [0.15, 0.2) is 0 Å². The van der Waals surface area contributed by atoms with Gasteiger partial charge in [0.25, 0.3) is 11.5 Å². The summed E-state index contributed by atoms with van der Waals surface area (Å²) in [7, 11) is 0. The molecule has 0 aliphatic rings. The second-order valence-electron chi connectivity index (χ2n) is 2.60. The molecule has 1 amide bonds. The Labute approximate surface area is 85.8 Å². The molecule has 0 aromatic carbocycles. The largest absolute Gasteiger partial charge is 0.432 e. The molecule has 0 aliphatic heterocycles. The predicted octanol–water partition coefficient (Wildman–Crippen LogP) is 1.15. The molecule has 0 bridgehead atoms. The normalized spacial score (nSPS) is 11.5. The third-order valence-electron chi connectivity index (χ3n) is 1.54. The van der Waals surface area contributed by atoms with Crippen LogP contribution in [-0.4, -0.2) is 10.9 Å². The number of aromatic nitrogens is 1. The number of rotatable bonds is 1. The molecule has 3 N–H and O–H groups in total. The van der Waals surface area contributed by atoms with Gasteiger partial charge in [0.05, 0.1) is 5.02 Å². The van der Waals surface area contributed by atoms with Gasteiger partial charge in [-0.1, -0.05) is 11.6 Å². The quantitative estimate of drug-likeness (QED) is 0.772. The van der Waals surface area contributed by atoms with Crippen LogP contribution >= 0.6 is 11.6 Å². The first-order chi connectivity index (χ1) is 6.73. The van der Waals surface area contributed by atoms with Crippen LogP contribution in [0.5, 0.6) is 0 Å². The number of primary amides is 1. The van der Waals surface area contributed by atoms with Crippen LogP contribution in [0.1, 0.15) is 16.1 Å². The van der Waals surface area contributed by atoms with Crippen LogP contribution < -0.4 is 11.3 Å². The van der Waals surface area contributed by atoms with Crippen molar-refractivity contribution in [3.05, 3.63) is 32.7 Å². The van der Waals surface area contributed by atoms with Gasteiger partial charge in [0, 0.05) is 0 Å². The number of hydrogen-bond acceptors (Lipinski definition) is 2. The van der Waals surface area contributed by atoms with E-state index in [4.69, 9.17) is 17.3 Å². The number of carbonyl (C=O) groups excluding carboxylic acids is 1. The van der Waals surface area contributed by atoms with Crippen molar-refractivity contribution in [1.29, 1.82) is 0 Å². The number of hydrogen-bond donors (Lipinski definition) is 2. The number of halogens is 4. The summed E-state index contributed by atoms with van der Waals surface area (Å²) in [5, 5.41) is -0.782. The highest BCUT2D eigenvalue weighted by Gasteiger charge is 2.35. The number of pyridine rings is 1. The number of aromatic amines is 1. The smallest absolute Gasteiger partial charge is 0.365 e. The molecule has 0 spiro atoms. The van der Waals surface area contributed by atoms with Crippen LogP contribution in [0.15, 0.2) is 10.9 Å². The highest BCUT2D eigenvalue weighted by molar-refractivity contribution is 6.31. The minimum Gasteiger partial charge on any atom is -0.365 e. The molecule has 0 atom stereocenters. The summed E-state index contributed by atoms with van der Waals surface area (Å²) < 4.78 is 36.6. The average Bonchev–Trinajstić information content (AvgIpc) is 2.06.